The number of hydrogen-bond donors (Lipinski definition) is 0. The maximum Gasteiger partial charge on any atom is 0.129 e. The maximum absolute atomic E-state index is 5.78. The Hall–Kier alpha value is -0.520. The Bertz CT molecular complexity index is 366. The van der Waals surface area contributed by atoms with Crippen molar-refractivity contribution in [2.45, 2.75) is 19.3 Å². The molecular formula is C10H9BrClN. The van der Waals surface area contributed by atoms with E-state index in [1.807, 2.05) is 13.8 Å². The summed E-state index contributed by atoms with van der Waals surface area (Å²) in [4.78, 5) is 3.94. The van der Waals surface area contributed by atoms with Gasteiger partial charge in [-0.05, 0) is 41.4 Å². The van der Waals surface area contributed by atoms with Crippen LogP contribution in [0, 0.1) is 12.3 Å². The van der Waals surface area contributed by atoms with Crippen LogP contribution in [0.2, 0.25) is 5.15 Å². The Balaban J connectivity index is 3.30. The van der Waals surface area contributed by atoms with Gasteiger partial charge in [0.25, 0.3) is 0 Å². The van der Waals surface area contributed by atoms with Crippen LogP contribution in [-0.4, -0.2) is 4.98 Å². The summed E-state index contributed by atoms with van der Waals surface area (Å²) in [6, 6.07) is 1.78. The minimum absolute atomic E-state index is 0.328. The third-order valence-corrected chi connectivity index (χ3v) is 2.69. The Morgan fingerprint density at radius 3 is 2.77 bits per heavy atom. The van der Waals surface area contributed by atoms with Gasteiger partial charge < -0.3 is 0 Å². The highest BCUT2D eigenvalue weighted by Gasteiger charge is 2.20. The average molecular weight is 259 g/mol. The van der Waals surface area contributed by atoms with E-state index in [-0.39, 0.29) is 5.41 Å². The molecule has 0 unspecified atom stereocenters. The Morgan fingerprint density at radius 2 is 2.23 bits per heavy atom. The van der Waals surface area contributed by atoms with Gasteiger partial charge in [-0.15, -0.1) is 6.42 Å². The maximum atomic E-state index is 5.78. The zero-order valence-electron chi connectivity index (χ0n) is 7.44. The molecule has 3 heteroatoms. The van der Waals surface area contributed by atoms with Crippen molar-refractivity contribution in [1.82, 2.24) is 4.98 Å². The summed E-state index contributed by atoms with van der Waals surface area (Å²) in [5.41, 5.74) is 0.654. The average Bonchev–Trinajstić information content (AvgIpc) is 2.09. The molecule has 68 valence electrons. The fourth-order valence-corrected chi connectivity index (χ4v) is 1.84. The molecule has 1 aromatic rings. The molecule has 0 N–H and O–H groups in total. The molecule has 0 saturated heterocycles. The van der Waals surface area contributed by atoms with E-state index in [1.54, 1.807) is 12.3 Å². The number of nitrogens with zero attached hydrogens (tertiary/aromatic N) is 1. The van der Waals surface area contributed by atoms with Crippen molar-refractivity contribution >= 4 is 27.5 Å². The summed E-state index contributed by atoms with van der Waals surface area (Å²) in [6.07, 6.45) is 7.09. The monoisotopic (exact) mass is 257 g/mol. The number of aromatic nitrogens is 1. The van der Waals surface area contributed by atoms with Crippen LogP contribution < -0.4 is 0 Å². The Morgan fingerprint density at radius 1 is 1.62 bits per heavy atom. The molecule has 0 aliphatic heterocycles. The van der Waals surface area contributed by atoms with E-state index in [9.17, 15) is 0 Å². The minimum Gasteiger partial charge on any atom is -0.243 e. The lowest BCUT2D eigenvalue weighted by Crippen LogP contribution is -2.14. The fourth-order valence-electron chi connectivity index (χ4n) is 0.970. The Kier molecular flexibility index (Phi) is 3.00. The summed E-state index contributed by atoms with van der Waals surface area (Å²) < 4.78 is 0.889. The van der Waals surface area contributed by atoms with Gasteiger partial charge in [0.05, 0.1) is 5.41 Å². The zero-order chi connectivity index (χ0) is 10.1. The van der Waals surface area contributed by atoms with Gasteiger partial charge in [-0.1, -0.05) is 17.5 Å². The third kappa shape index (κ3) is 2.24. The molecule has 13 heavy (non-hydrogen) atoms. The van der Waals surface area contributed by atoms with Crippen LogP contribution in [0.3, 0.4) is 0 Å². The third-order valence-electron chi connectivity index (χ3n) is 1.86. The van der Waals surface area contributed by atoms with Crippen LogP contribution in [-0.2, 0) is 5.41 Å². The highest BCUT2D eigenvalue weighted by molar-refractivity contribution is 9.10. The Labute approximate surface area is 91.6 Å². The van der Waals surface area contributed by atoms with E-state index in [0.717, 1.165) is 10.0 Å². The lowest BCUT2D eigenvalue weighted by molar-refractivity contribution is 0.693. The van der Waals surface area contributed by atoms with Crippen LogP contribution in [0.1, 0.15) is 19.4 Å². The van der Waals surface area contributed by atoms with Gasteiger partial charge in [0.15, 0.2) is 0 Å². The normalized spacial score (nSPS) is 11.0. The molecule has 0 atom stereocenters. The van der Waals surface area contributed by atoms with E-state index in [0.29, 0.717) is 5.15 Å². The quantitative estimate of drug-likeness (QED) is 0.556. The molecule has 0 saturated carbocycles. The smallest absolute Gasteiger partial charge is 0.129 e. The molecule has 0 aliphatic carbocycles. The molecule has 0 aliphatic rings. The highest BCUT2D eigenvalue weighted by atomic mass is 79.9. The summed E-state index contributed by atoms with van der Waals surface area (Å²) in [6.45, 7) is 3.92. The van der Waals surface area contributed by atoms with E-state index in [2.05, 4.69) is 26.8 Å². The standard InChI is InChI=1S/C10H9BrClN/c1-4-10(2,3)7-5-9(12)13-6-8(7)11/h1,5-6H,2-3H3. The number of hydrogen-bond acceptors (Lipinski definition) is 1. The molecule has 0 fully saturated rings. The second kappa shape index (κ2) is 3.69. The van der Waals surface area contributed by atoms with Gasteiger partial charge in [0, 0.05) is 10.7 Å². The number of terminal acetylenes is 1. The van der Waals surface area contributed by atoms with Gasteiger partial charge in [0.2, 0.25) is 0 Å². The molecule has 1 nitrogen and oxygen atoms in total. The van der Waals surface area contributed by atoms with E-state index < -0.39 is 0 Å². The molecule has 0 amide bonds. The van der Waals surface area contributed by atoms with Gasteiger partial charge in [-0.2, -0.15) is 0 Å². The topological polar surface area (TPSA) is 12.9 Å². The van der Waals surface area contributed by atoms with Crippen LogP contribution in [0.4, 0.5) is 0 Å². The van der Waals surface area contributed by atoms with Gasteiger partial charge in [0.1, 0.15) is 5.15 Å². The van der Waals surface area contributed by atoms with Crippen molar-refractivity contribution in [2.75, 3.05) is 0 Å². The number of pyridine rings is 1. The van der Waals surface area contributed by atoms with Crippen LogP contribution in [0.25, 0.3) is 0 Å². The van der Waals surface area contributed by atoms with Gasteiger partial charge in [-0.3, -0.25) is 0 Å². The van der Waals surface area contributed by atoms with Crippen molar-refractivity contribution in [3.8, 4) is 12.3 Å². The lowest BCUT2D eigenvalue weighted by Gasteiger charge is -2.19. The summed E-state index contributed by atoms with van der Waals surface area (Å²) in [5, 5.41) is 0.460. The molecule has 1 aromatic heterocycles. The second-order valence-corrected chi connectivity index (χ2v) is 4.50. The minimum atomic E-state index is -0.328. The van der Waals surface area contributed by atoms with E-state index >= 15 is 0 Å². The van der Waals surface area contributed by atoms with Crippen LogP contribution in [0.5, 0.6) is 0 Å². The second-order valence-electron chi connectivity index (χ2n) is 3.26. The largest absolute Gasteiger partial charge is 0.243 e. The first-order chi connectivity index (χ1) is 5.97. The molecule has 1 rings (SSSR count). The zero-order valence-corrected chi connectivity index (χ0v) is 9.78. The first-order valence-electron chi connectivity index (χ1n) is 3.76. The van der Waals surface area contributed by atoms with E-state index in [4.69, 9.17) is 18.0 Å². The summed E-state index contributed by atoms with van der Waals surface area (Å²) in [5.74, 6) is 2.71. The van der Waals surface area contributed by atoms with Crippen LogP contribution >= 0.6 is 27.5 Å². The van der Waals surface area contributed by atoms with E-state index in [1.165, 1.54) is 0 Å². The van der Waals surface area contributed by atoms with Crippen molar-refractivity contribution in [3.63, 3.8) is 0 Å². The predicted molar refractivity (Wildman–Crippen MR) is 58.8 cm³/mol. The van der Waals surface area contributed by atoms with Gasteiger partial charge in [-0.25, -0.2) is 4.98 Å². The molecular weight excluding hydrogens is 249 g/mol. The number of halogens is 2. The first-order valence-corrected chi connectivity index (χ1v) is 4.94. The first kappa shape index (κ1) is 10.6. The molecule has 0 bridgehead atoms. The lowest BCUT2D eigenvalue weighted by atomic mass is 9.86. The highest BCUT2D eigenvalue weighted by Crippen LogP contribution is 2.30. The van der Waals surface area contributed by atoms with Crippen molar-refractivity contribution in [1.29, 1.82) is 0 Å². The van der Waals surface area contributed by atoms with Crippen molar-refractivity contribution in [2.24, 2.45) is 0 Å². The summed E-state index contributed by atoms with van der Waals surface area (Å²) in [7, 11) is 0. The molecule has 0 aromatic carbocycles. The fraction of sp³-hybridized carbons (Fsp3) is 0.300. The van der Waals surface area contributed by atoms with Gasteiger partial charge >= 0.3 is 0 Å². The van der Waals surface area contributed by atoms with Crippen molar-refractivity contribution < 1.29 is 0 Å². The summed E-state index contributed by atoms with van der Waals surface area (Å²) >= 11 is 9.17. The predicted octanol–water partition coefficient (Wildman–Crippen LogP) is 3.41. The molecule has 1 heterocycles. The SMILES string of the molecule is C#CC(C)(C)c1cc(Cl)ncc1Br. The molecule has 0 spiro atoms. The van der Waals surface area contributed by atoms with Crippen molar-refractivity contribution in [3.05, 3.63) is 27.5 Å². The number of rotatable bonds is 1. The van der Waals surface area contributed by atoms with Crippen LogP contribution in [0.15, 0.2) is 16.7 Å². The molecule has 0 radical (unpaired) electrons.